The van der Waals surface area contributed by atoms with E-state index in [1.54, 1.807) is 13.1 Å². The van der Waals surface area contributed by atoms with Gasteiger partial charge in [-0.3, -0.25) is 14.3 Å². The van der Waals surface area contributed by atoms with Crippen molar-refractivity contribution in [3.63, 3.8) is 0 Å². The number of aromatic amines is 1. The van der Waals surface area contributed by atoms with Gasteiger partial charge in [0.25, 0.3) is 5.56 Å². The highest BCUT2D eigenvalue weighted by atomic mass is 16.2. The van der Waals surface area contributed by atoms with Gasteiger partial charge in [0.1, 0.15) is 0 Å². The first-order valence-electron chi connectivity index (χ1n) is 9.49. The fraction of sp³-hybridized carbons (Fsp3) is 0.217. The molecular formula is C23H23N3O2. The molecule has 2 N–H and O–H groups in total. The summed E-state index contributed by atoms with van der Waals surface area (Å²) < 4.78 is 1.50. The molecule has 0 radical (unpaired) electrons. The van der Waals surface area contributed by atoms with Crippen LogP contribution in [0.25, 0.3) is 11.1 Å². The van der Waals surface area contributed by atoms with E-state index in [9.17, 15) is 9.59 Å². The molecule has 1 aromatic heterocycles. The molecule has 0 saturated carbocycles. The number of aromatic nitrogens is 2. The van der Waals surface area contributed by atoms with Gasteiger partial charge in [0.15, 0.2) is 0 Å². The standard InChI is InChI=1S/C23H23N3O2/c1-16-15-26(23(28)25-22(16)27)13-7-6-12-24-14-21-19-10-4-2-8-17(19)18-9-3-5-11-20(18)21/h2-11,15,21,24H,12-14H2,1H3,(H,25,27,28)/b7-6-. The quantitative estimate of drug-likeness (QED) is 0.516. The van der Waals surface area contributed by atoms with Crippen LogP contribution in [0, 0.1) is 6.92 Å². The van der Waals surface area contributed by atoms with Crippen LogP contribution in [0.4, 0.5) is 0 Å². The Bertz CT molecular complexity index is 1100. The number of hydrogen-bond donors (Lipinski definition) is 2. The van der Waals surface area contributed by atoms with E-state index in [0.717, 1.165) is 13.1 Å². The summed E-state index contributed by atoms with van der Waals surface area (Å²) in [7, 11) is 0. The molecule has 1 aliphatic carbocycles. The van der Waals surface area contributed by atoms with Crippen LogP contribution in [0.2, 0.25) is 0 Å². The normalized spacial score (nSPS) is 13.0. The Balaban J connectivity index is 1.37. The van der Waals surface area contributed by atoms with Gasteiger partial charge in [0.05, 0.1) is 0 Å². The molecular weight excluding hydrogens is 350 g/mol. The number of rotatable bonds is 6. The second-order valence-corrected chi connectivity index (χ2v) is 7.08. The first-order valence-corrected chi connectivity index (χ1v) is 9.49. The third-order valence-electron chi connectivity index (χ3n) is 5.23. The van der Waals surface area contributed by atoms with Crippen LogP contribution in [0.3, 0.4) is 0 Å². The molecule has 0 unspecified atom stereocenters. The summed E-state index contributed by atoms with van der Waals surface area (Å²) in [6.07, 6.45) is 5.54. The molecule has 0 amide bonds. The van der Waals surface area contributed by atoms with E-state index in [-0.39, 0.29) is 11.2 Å². The Morgan fingerprint density at radius 3 is 2.32 bits per heavy atom. The van der Waals surface area contributed by atoms with Crippen LogP contribution >= 0.6 is 0 Å². The smallest absolute Gasteiger partial charge is 0.312 e. The number of fused-ring (bicyclic) bond motifs is 3. The van der Waals surface area contributed by atoms with Crippen LogP contribution in [-0.2, 0) is 6.54 Å². The maximum atomic E-state index is 11.8. The Morgan fingerprint density at radius 1 is 1.00 bits per heavy atom. The van der Waals surface area contributed by atoms with Gasteiger partial charge in [-0.25, -0.2) is 4.79 Å². The minimum absolute atomic E-state index is 0.330. The van der Waals surface area contributed by atoms with Crippen molar-refractivity contribution in [1.82, 2.24) is 14.9 Å². The van der Waals surface area contributed by atoms with E-state index in [2.05, 4.69) is 58.8 Å². The minimum Gasteiger partial charge on any atom is -0.312 e. The van der Waals surface area contributed by atoms with Gasteiger partial charge < -0.3 is 5.32 Å². The zero-order valence-corrected chi connectivity index (χ0v) is 15.8. The fourth-order valence-electron chi connectivity index (χ4n) is 3.82. The highest BCUT2D eigenvalue weighted by Gasteiger charge is 2.27. The van der Waals surface area contributed by atoms with Gasteiger partial charge in [-0.2, -0.15) is 0 Å². The van der Waals surface area contributed by atoms with Crippen molar-refractivity contribution in [1.29, 1.82) is 0 Å². The van der Waals surface area contributed by atoms with Crippen LogP contribution in [0.1, 0.15) is 22.6 Å². The number of H-pyrrole nitrogens is 1. The highest BCUT2D eigenvalue weighted by Crippen LogP contribution is 2.43. The lowest BCUT2D eigenvalue weighted by Crippen LogP contribution is -2.30. The molecule has 0 aliphatic heterocycles. The molecule has 0 fully saturated rings. The maximum absolute atomic E-state index is 11.8. The molecule has 0 saturated heterocycles. The summed E-state index contributed by atoms with van der Waals surface area (Å²) in [5.41, 5.74) is 5.22. The van der Waals surface area contributed by atoms with Crippen molar-refractivity contribution >= 4 is 0 Å². The molecule has 142 valence electrons. The van der Waals surface area contributed by atoms with Crippen molar-refractivity contribution in [3.05, 3.63) is 104 Å². The van der Waals surface area contributed by atoms with Crippen molar-refractivity contribution in [2.75, 3.05) is 13.1 Å². The van der Waals surface area contributed by atoms with Gasteiger partial charge in [-0.05, 0) is 29.2 Å². The molecule has 5 heteroatoms. The first-order chi connectivity index (χ1) is 13.6. The molecule has 0 spiro atoms. The lowest BCUT2D eigenvalue weighted by Gasteiger charge is -2.14. The summed E-state index contributed by atoms with van der Waals surface area (Å²) in [4.78, 5) is 25.5. The summed E-state index contributed by atoms with van der Waals surface area (Å²) in [5, 5.41) is 3.50. The zero-order chi connectivity index (χ0) is 19.5. The maximum Gasteiger partial charge on any atom is 0.328 e. The molecule has 3 aromatic rings. The van der Waals surface area contributed by atoms with Crippen LogP contribution in [0.5, 0.6) is 0 Å². The second kappa shape index (κ2) is 7.82. The molecule has 1 aliphatic rings. The molecule has 1 heterocycles. The van der Waals surface area contributed by atoms with E-state index in [0.29, 0.717) is 18.0 Å². The zero-order valence-electron chi connectivity index (χ0n) is 15.8. The molecule has 0 bridgehead atoms. The number of benzene rings is 2. The van der Waals surface area contributed by atoms with Gasteiger partial charge in [-0.15, -0.1) is 0 Å². The summed E-state index contributed by atoms with van der Waals surface area (Å²) in [6.45, 7) is 3.71. The van der Waals surface area contributed by atoms with Gasteiger partial charge in [0, 0.05) is 37.3 Å². The second-order valence-electron chi connectivity index (χ2n) is 7.08. The van der Waals surface area contributed by atoms with E-state index < -0.39 is 0 Å². The average molecular weight is 373 g/mol. The van der Waals surface area contributed by atoms with Gasteiger partial charge >= 0.3 is 5.69 Å². The van der Waals surface area contributed by atoms with Crippen LogP contribution in [-0.4, -0.2) is 22.6 Å². The number of hydrogen-bond acceptors (Lipinski definition) is 3. The molecule has 28 heavy (non-hydrogen) atoms. The van der Waals surface area contributed by atoms with E-state index in [1.807, 2.05) is 12.2 Å². The molecule has 0 atom stereocenters. The largest absolute Gasteiger partial charge is 0.328 e. The van der Waals surface area contributed by atoms with Gasteiger partial charge in [-0.1, -0.05) is 60.7 Å². The predicted molar refractivity (Wildman–Crippen MR) is 112 cm³/mol. The van der Waals surface area contributed by atoms with Gasteiger partial charge in [0.2, 0.25) is 0 Å². The van der Waals surface area contributed by atoms with E-state index in [1.165, 1.54) is 26.8 Å². The third kappa shape index (κ3) is 3.49. The average Bonchev–Trinajstić information content (AvgIpc) is 3.02. The topological polar surface area (TPSA) is 66.9 Å². The lowest BCUT2D eigenvalue weighted by molar-refractivity contribution is 0.682. The Labute approximate surface area is 163 Å². The van der Waals surface area contributed by atoms with Crippen molar-refractivity contribution in [2.45, 2.75) is 19.4 Å². The summed E-state index contributed by atoms with van der Waals surface area (Å²) in [5.74, 6) is 0.352. The molecule has 4 rings (SSSR count). The van der Waals surface area contributed by atoms with Crippen molar-refractivity contribution in [3.8, 4) is 11.1 Å². The monoisotopic (exact) mass is 373 g/mol. The number of nitrogens with zero attached hydrogens (tertiary/aromatic N) is 1. The van der Waals surface area contributed by atoms with E-state index >= 15 is 0 Å². The summed E-state index contributed by atoms with van der Waals surface area (Å²) >= 11 is 0. The van der Waals surface area contributed by atoms with Crippen LogP contribution in [0.15, 0.2) is 76.5 Å². The number of allylic oxidation sites excluding steroid dienone is 1. The Hall–Kier alpha value is -3.18. The fourth-order valence-corrected chi connectivity index (χ4v) is 3.82. The highest BCUT2D eigenvalue weighted by molar-refractivity contribution is 5.78. The van der Waals surface area contributed by atoms with Crippen molar-refractivity contribution in [2.24, 2.45) is 0 Å². The lowest BCUT2D eigenvalue weighted by atomic mass is 9.97. The molecule has 2 aromatic carbocycles. The first kappa shape index (κ1) is 18.2. The minimum atomic E-state index is -0.382. The molecule has 5 nitrogen and oxygen atoms in total. The SMILES string of the molecule is Cc1cn(C/C=C\CNCC2c3ccccc3-c3ccccc32)c(=O)[nH]c1=O. The number of nitrogens with one attached hydrogen (secondary N) is 2. The predicted octanol–water partition coefficient (Wildman–Crippen LogP) is 2.80. The van der Waals surface area contributed by atoms with Crippen LogP contribution < -0.4 is 16.6 Å². The number of aryl methyl sites for hydroxylation is 1. The Morgan fingerprint density at radius 2 is 1.64 bits per heavy atom. The van der Waals surface area contributed by atoms with Crippen molar-refractivity contribution < 1.29 is 0 Å². The summed E-state index contributed by atoms with van der Waals surface area (Å²) in [6, 6.07) is 17.2. The van der Waals surface area contributed by atoms with E-state index in [4.69, 9.17) is 0 Å². The Kier molecular flexibility index (Phi) is 5.08. The third-order valence-corrected chi connectivity index (χ3v) is 5.23.